The minimum atomic E-state index is -1.56. The van der Waals surface area contributed by atoms with E-state index in [9.17, 15) is 24.3 Å². The van der Waals surface area contributed by atoms with Gasteiger partial charge in [0.2, 0.25) is 23.6 Å². The monoisotopic (exact) mass is 668 g/mol. The quantitative estimate of drug-likeness (QED) is 0.250. The molecule has 3 aromatic rings. The normalized spacial score (nSPS) is 27.8. The first-order chi connectivity index (χ1) is 23.1. The smallest absolute Gasteiger partial charge is 0.303 e. The lowest BCUT2D eigenvalue weighted by Crippen LogP contribution is -2.53. The number of allylic oxidation sites excluding steroid dienone is 2. The van der Waals surface area contributed by atoms with E-state index in [4.69, 9.17) is 21.4 Å². The molecule has 0 spiro atoms. The molecule has 6 atom stereocenters. The number of phenolic OH excluding ortho intramolecular Hbond substituents is 1. The third-order valence-corrected chi connectivity index (χ3v) is 10.8. The Hall–Kier alpha value is -4.96. The molecule has 2 N–H and O–H groups in total. The molecule has 48 heavy (non-hydrogen) atoms. The Morgan fingerprint density at radius 3 is 2.42 bits per heavy atom. The molecule has 0 radical (unpaired) electrons. The predicted molar refractivity (Wildman–Crippen MR) is 174 cm³/mol. The fourth-order valence-electron chi connectivity index (χ4n) is 8.73. The molecule has 7 rings (SSSR count). The fourth-order valence-corrected chi connectivity index (χ4v) is 8.92. The number of fused-ring (bicyclic) bond motifs is 4. The van der Waals surface area contributed by atoms with E-state index in [0.29, 0.717) is 33.2 Å². The van der Waals surface area contributed by atoms with Crippen LogP contribution in [0.4, 0.5) is 5.69 Å². The third kappa shape index (κ3) is 4.57. The van der Waals surface area contributed by atoms with Gasteiger partial charge in [-0.05, 0) is 61.1 Å². The molecular formula is C37H33ClN2O8. The van der Waals surface area contributed by atoms with Crippen molar-refractivity contribution in [2.75, 3.05) is 18.6 Å². The molecule has 2 aliphatic heterocycles. The second-order valence-electron chi connectivity index (χ2n) is 12.8. The Morgan fingerprint density at radius 1 is 0.958 bits per heavy atom. The van der Waals surface area contributed by atoms with Crippen LogP contribution in [0.15, 0.2) is 84.4 Å². The number of hydrogen-bond acceptors (Lipinski definition) is 7. The summed E-state index contributed by atoms with van der Waals surface area (Å²) in [7, 11) is 1.46. The average molecular weight is 669 g/mol. The van der Waals surface area contributed by atoms with Gasteiger partial charge in [-0.2, -0.15) is 0 Å². The number of carbonyl (C=O) groups excluding carboxylic acids is 4. The molecule has 6 unspecified atom stereocenters. The van der Waals surface area contributed by atoms with E-state index in [-0.39, 0.29) is 43.9 Å². The predicted octanol–water partition coefficient (Wildman–Crippen LogP) is 5.08. The summed E-state index contributed by atoms with van der Waals surface area (Å²) >= 11 is 6.35. The summed E-state index contributed by atoms with van der Waals surface area (Å²) in [5.41, 5.74) is 0.302. The van der Waals surface area contributed by atoms with Crippen LogP contribution < -0.4 is 9.64 Å². The highest BCUT2D eigenvalue weighted by molar-refractivity contribution is 6.32. The van der Waals surface area contributed by atoms with Gasteiger partial charge < -0.3 is 14.9 Å². The average Bonchev–Trinajstić information content (AvgIpc) is 3.45. The van der Waals surface area contributed by atoms with E-state index in [0.717, 1.165) is 9.80 Å². The summed E-state index contributed by atoms with van der Waals surface area (Å²) in [5, 5.41) is 21.1. The van der Waals surface area contributed by atoms with Gasteiger partial charge in [0.25, 0.3) is 0 Å². The number of aromatic hydroxyl groups is 1. The van der Waals surface area contributed by atoms with E-state index >= 15 is 4.79 Å². The highest BCUT2D eigenvalue weighted by Crippen LogP contribution is 2.66. The van der Waals surface area contributed by atoms with Crippen molar-refractivity contribution in [3.63, 3.8) is 0 Å². The maximum Gasteiger partial charge on any atom is 0.303 e. The number of likely N-dealkylation sites (tertiary alicyclic amines) is 1. The molecule has 4 aliphatic rings. The Labute approximate surface area is 281 Å². The van der Waals surface area contributed by atoms with Crippen molar-refractivity contribution >= 4 is 46.9 Å². The minimum absolute atomic E-state index is 0.0207. The molecule has 0 bridgehead atoms. The number of phenols is 1. The number of rotatable bonds is 8. The maximum absolute atomic E-state index is 15.3. The van der Waals surface area contributed by atoms with Crippen LogP contribution in [0, 0.1) is 23.7 Å². The summed E-state index contributed by atoms with van der Waals surface area (Å²) in [6.45, 7) is -0.0207. The van der Waals surface area contributed by atoms with Crippen LogP contribution in [0.2, 0.25) is 5.02 Å². The first-order valence-electron chi connectivity index (χ1n) is 15.9. The van der Waals surface area contributed by atoms with Crippen LogP contribution in [0.1, 0.15) is 42.7 Å². The molecule has 3 aromatic carbocycles. The van der Waals surface area contributed by atoms with Crippen LogP contribution in [0.25, 0.3) is 0 Å². The minimum Gasteiger partial charge on any atom is -0.508 e. The van der Waals surface area contributed by atoms with Gasteiger partial charge in [0.05, 0.1) is 36.0 Å². The molecule has 2 saturated heterocycles. The van der Waals surface area contributed by atoms with Crippen LogP contribution in [0.5, 0.6) is 11.5 Å². The number of carbonyl (C=O) groups is 5. The first-order valence-corrected chi connectivity index (χ1v) is 16.3. The number of hydrogen-bond donors (Lipinski definition) is 2. The largest absolute Gasteiger partial charge is 0.508 e. The number of ether oxygens (including phenoxy) is 1. The third-order valence-electron chi connectivity index (χ3n) is 10.6. The van der Waals surface area contributed by atoms with Gasteiger partial charge in [-0.1, -0.05) is 65.7 Å². The molecule has 10 nitrogen and oxygen atoms in total. The fraction of sp³-hybridized carbons (Fsp3) is 0.324. The zero-order valence-electron chi connectivity index (χ0n) is 26.0. The van der Waals surface area contributed by atoms with E-state index < -0.39 is 58.7 Å². The van der Waals surface area contributed by atoms with Crippen LogP contribution in [-0.2, 0) is 29.4 Å². The van der Waals surface area contributed by atoms with E-state index in [2.05, 4.69) is 0 Å². The lowest BCUT2D eigenvalue weighted by atomic mass is 9.49. The number of amides is 4. The number of carboxylic acids is 1. The summed E-state index contributed by atoms with van der Waals surface area (Å²) in [5.74, 6) is -6.68. The van der Waals surface area contributed by atoms with Crippen LogP contribution in [0.3, 0.4) is 0 Å². The standard InChI is InChI=1S/C37H33ClN2O8/c1-48-28-13-6-12-27(41)31(28)32-23-15-16-24-30(35(46)39(33(24)44)17-7-14-29(42)43)25(23)19-26-34(45)40(22-11-5-10-21(38)18-22)36(47)37(26,32)20-8-3-2-4-9-20/h2-6,8-13,15,18,24-26,30,32,41H,7,14,16-17,19H2,1H3,(H,42,43). The topological polar surface area (TPSA) is 142 Å². The number of carboxylic acid groups (broad SMARTS) is 1. The number of nitrogens with zero attached hydrogens (tertiary/aromatic N) is 2. The molecule has 3 fully saturated rings. The molecule has 1 saturated carbocycles. The molecule has 0 aromatic heterocycles. The second-order valence-corrected chi connectivity index (χ2v) is 13.2. The molecule has 2 aliphatic carbocycles. The van der Waals surface area contributed by atoms with Crippen molar-refractivity contribution in [2.24, 2.45) is 23.7 Å². The van der Waals surface area contributed by atoms with Gasteiger partial charge in [-0.15, -0.1) is 0 Å². The first kappa shape index (κ1) is 31.6. The zero-order valence-corrected chi connectivity index (χ0v) is 26.8. The number of halogens is 1. The number of methoxy groups -OCH3 is 1. The van der Waals surface area contributed by atoms with Gasteiger partial charge in [-0.3, -0.25) is 28.9 Å². The summed E-state index contributed by atoms with van der Waals surface area (Å²) in [6.07, 6.45) is 2.13. The van der Waals surface area contributed by atoms with Gasteiger partial charge in [0.1, 0.15) is 11.5 Å². The van der Waals surface area contributed by atoms with Crippen LogP contribution in [-0.4, -0.2) is 58.4 Å². The summed E-state index contributed by atoms with van der Waals surface area (Å²) in [4.78, 5) is 71.3. The highest BCUT2D eigenvalue weighted by atomic mass is 35.5. The Balaban J connectivity index is 1.46. The lowest BCUT2D eigenvalue weighted by molar-refractivity contribution is -0.142. The molecule has 4 amide bonds. The molecular weight excluding hydrogens is 636 g/mol. The zero-order chi connectivity index (χ0) is 33.9. The highest BCUT2D eigenvalue weighted by Gasteiger charge is 2.70. The SMILES string of the molecule is COc1cccc(O)c1C1C2=CCC3C(=O)N(CCCC(=O)O)C(=O)C3C2CC2C(=O)N(c3cccc(Cl)c3)C(=O)C21c1ccccc1. The Bertz CT molecular complexity index is 1890. The Kier molecular flexibility index (Phi) is 7.86. The van der Waals surface area contributed by atoms with Gasteiger partial charge in [0.15, 0.2) is 0 Å². The van der Waals surface area contributed by atoms with E-state index in [1.807, 2.05) is 12.1 Å². The van der Waals surface area contributed by atoms with Crippen molar-refractivity contribution < 1.29 is 38.9 Å². The van der Waals surface area contributed by atoms with Gasteiger partial charge in [-0.25, -0.2) is 4.90 Å². The summed E-state index contributed by atoms with van der Waals surface area (Å²) < 4.78 is 5.79. The van der Waals surface area contributed by atoms with Gasteiger partial charge in [0, 0.05) is 29.5 Å². The van der Waals surface area contributed by atoms with Crippen molar-refractivity contribution in [1.82, 2.24) is 4.90 Å². The molecule has 2 heterocycles. The second kappa shape index (κ2) is 11.9. The number of aliphatic carboxylic acids is 1. The van der Waals surface area contributed by atoms with Crippen molar-refractivity contribution in [3.8, 4) is 11.5 Å². The van der Waals surface area contributed by atoms with Crippen molar-refractivity contribution in [2.45, 2.75) is 37.0 Å². The van der Waals surface area contributed by atoms with Gasteiger partial charge >= 0.3 is 5.97 Å². The van der Waals surface area contributed by atoms with E-state index in [1.165, 1.54) is 13.2 Å². The van der Waals surface area contributed by atoms with Crippen molar-refractivity contribution in [1.29, 1.82) is 0 Å². The molecule has 11 heteroatoms. The van der Waals surface area contributed by atoms with Crippen LogP contribution >= 0.6 is 11.6 Å². The number of imide groups is 2. The molecule has 246 valence electrons. The summed E-state index contributed by atoms with van der Waals surface area (Å²) in [6, 6.07) is 20.3. The number of anilines is 1. The lowest BCUT2D eigenvalue weighted by Gasteiger charge is -2.51. The number of benzene rings is 3. The maximum atomic E-state index is 15.3. The van der Waals surface area contributed by atoms with E-state index in [1.54, 1.807) is 60.7 Å². The Morgan fingerprint density at radius 2 is 1.71 bits per heavy atom. The van der Waals surface area contributed by atoms with Crippen molar-refractivity contribution in [3.05, 3.63) is 101 Å².